The van der Waals surface area contributed by atoms with Crippen LogP contribution < -0.4 is 5.32 Å². The molecule has 0 aliphatic rings. The van der Waals surface area contributed by atoms with Crippen molar-refractivity contribution >= 4 is 0 Å². The molecule has 0 bridgehead atoms. The Morgan fingerprint density at radius 1 is 1.00 bits per heavy atom. The van der Waals surface area contributed by atoms with Crippen molar-refractivity contribution in [3.8, 4) is 0 Å². The van der Waals surface area contributed by atoms with Gasteiger partial charge in [0.15, 0.2) is 0 Å². The van der Waals surface area contributed by atoms with Gasteiger partial charge in [0, 0.05) is 44.4 Å². The number of pyridine rings is 1. The maximum atomic E-state index is 10.1. The molecule has 4 nitrogen and oxygen atoms in total. The van der Waals surface area contributed by atoms with E-state index in [1.807, 2.05) is 18.2 Å². The summed E-state index contributed by atoms with van der Waals surface area (Å²) in [5, 5.41) is 13.4. The Hall–Kier alpha value is -2.43. The summed E-state index contributed by atoms with van der Waals surface area (Å²) in [6.45, 7) is 2.14. The predicted molar refractivity (Wildman–Crippen MR) is 90.9 cm³/mol. The molecule has 1 aromatic carbocycles. The van der Waals surface area contributed by atoms with Crippen LogP contribution in [0.25, 0.3) is 0 Å². The van der Waals surface area contributed by atoms with Crippen LogP contribution in [0.4, 0.5) is 0 Å². The minimum atomic E-state index is -0.510. The van der Waals surface area contributed by atoms with Crippen LogP contribution in [0.2, 0.25) is 0 Å². The number of hydrogen-bond donors (Lipinski definition) is 2. The highest BCUT2D eigenvalue weighted by molar-refractivity contribution is 5.18. The van der Waals surface area contributed by atoms with Crippen LogP contribution in [0.1, 0.15) is 22.8 Å². The molecule has 0 fully saturated rings. The summed E-state index contributed by atoms with van der Waals surface area (Å²) in [7, 11) is 0. The van der Waals surface area contributed by atoms with Gasteiger partial charge in [0.05, 0.1) is 6.10 Å². The normalized spacial score (nSPS) is 12.2. The topological polar surface area (TPSA) is 50.1 Å². The number of nitrogens with one attached hydrogen (secondary N) is 1. The average molecular weight is 307 g/mol. The van der Waals surface area contributed by atoms with Gasteiger partial charge in [-0.2, -0.15) is 0 Å². The molecular weight excluding hydrogens is 286 g/mol. The molecule has 0 saturated heterocycles. The fourth-order valence-corrected chi connectivity index (χ4v) is 2.54. The molecule has 23 heavy (non-hydrogen) atoms. The van der Waals surface area contributed by atoms with E-state index in [0.29, 0.717) is 6.54 Å². The zero-order chi connectivity index (χ0) is 15.9. The van der Waals surface area contributed by atoms with Crippen LogP contribution in [0.15, 0.2) is 73.3 Å². The highest BCUT2D eigenvalue weighted by atomic mass is 16.3. The second-order valence-electron chi connectivity index (χ2n) is 5.60. The molecule has 2 N–H and O–H groups in total. The number of hydrogen-bond acceptors (Lipinski definition) is 3. The molecule has 1 unspecified atom stereocenters. The maximum Gasteiger partial charge on any atom is 0.0915 e. The first-order valence-electron chi connectivity index (χ1n) is 7.78. The van der Waals surface area contributed by atoms with E-state index in [0.717, 1.165) is 18.7 Å². The second-order valence-corrected chi connectivity index (χ2v) is 5.60. The minimum absolute atomic E-state index is 0.510. The molecular formula is C19H21N3O. The lowest BCUT2D eigenvalue weighted by Gasteiger charge is -2.11. The lowest BCUT2D eigenvalue weighted by Crippen LogP contribution is -2.20. The Bertz CT molecular complexity index is 710. The summed E-state index contributed by atoms with van der Waals surface area (Å²) in [5.41, 5.74) is 3.38. The SMILES string of the molecule is OC(CNCc1ccn(Cc2ccccc2)c1)c1ccncc1. The quantitative estimate of drug-likeness (QED) is 0.705. The lowest BCUT2D eigenvalue weighted by molar-refractivity contribution is 0.174. The van der Waals surface area contributed by atoms with Gasteiger partial charge in [-0.3, -0.25) is 4.98 Å². The maximum absolute atomic E-state index is 10.1. The Morgan fingerprint density at radius 3 is 2.57 bits per heavy atom. The van der Waals surface area contributed by atoms with Crippen LogP contribution >= 0.6 is 0 Å². The number of rotatable bonds is 7. The summed E-state index contributed by atoms with van der Waals surface area (Å²) in [4.78, 5) is 3.96. The molecule has 0 aliphatic heterocycles. The summed E-state index contributed by atoms with van der Waals surface area (Å²) >= 11 is 0. The molecule has 4 heteroatoms. The van der Waals surface area contributed by atoms with Crippen molar-refractivity contribution in [1.82, 2.24) is 14.9 Å². The van der Waals surface area contributed by atoms with E-state index in [-0.39, 0.29) is 0 Å². The number of aliphatic hydroxyl groups excluding tert-OH is 1. The Balaban J connectivity index is 1.48. The second kappa shape index (κ2) is 7.72. The third kappa shape index (κ3) is 4.52. The summed E-state index contributed by atoms with van der Waals surface area (Å²) in [6, 6.07) is 16.2. The number of benzene rings is 1. The molecule has 0 aliphatic carbocycles. The van der Waals surface area contributed by atoms with Gasteiger partial charge in [-0.05, 0) is 34.9 Å². The Labute approximate surface area is 136 Å². The van der Waals surface area contributed by atoms with E-state index in [1.165, 1.54) is 11.1 Å². The summed E-state index contributed by atoms with van der Waals surface area (Å²) < 4.78 is 2.17. The zero-order valence-electron chi connectivity index (χ0n) is 13.0. The van der Waals surface area contributed by atoms with Gasteiger partial charge in [-0.15, -0.1) is 0 Å². The third-order valence-electron chi connectivity index (χ3n) is 3.78. The van der Waals surface area contributed by atoms with Crippen molar-refractivity contribution in [2.24, 2.45) is 0 Å². The van der Waals surface area contributed by atoms with E-state index in [9.17, 15) is 5.11 Å². The first-order chi connectivity index (χ1) is 11.3. The Morgan fingerprint density at radius 2 is 1.78 bits per heavy atom. The summed E-state index contributed by atoms with van der Waals surface area (Å²) in [5.74, 6) is 0. The molecule has 0 saturated carbocycles. The third-order valence-corrected chi connectivity index (χ3v) is 3.78. The monoisotopic (exact) mass is 307 g/mol. The van der Waals surface area contributed by atoms with Gasteiger partial charge in [-0.25, -0.2) is 0 Å². The average Bonchev–Trinajstić information content (AvgIpc) is 3.04. The van der Waals surface area contributed by atoms with Crippen LogP contribution in [-0.4, -0.2) is 21.2 Å². The van der Waals surface area contributed by atoms with Gasteiger partial charge in [0.25, 0.3) is 0 Å². The van der Waals surface area contributed by atoms with E-state index >= 15 is 0 Å². The van der Waals surface area contributed by atoms with E-state index < -0.39 is 6.10 Å². The van der Waals surface area contributed by atoms with Crippen molar-refractivity contribution in [3.05, 3.63) is 90.0 Å². The van der Waals surface area contributed by atoms with Crippen molar-refractivity contribution in [2.75, 3.05) is 6.54 Å². The molecule has 2 aromatic heterocycles. The van der Waals surface area contributed by atoms with E-state index in [4.69, 9.17) is 0 Å². The van der Waals surface area contributed by atoms with Crippen molar-refractivity contribution in [3.63, 3.8) is 0 Å². The molecule has 3 aromatic rings. The fourth-order valence-electron chi connectivity index (χ4n) is 2.54. The number of aromatic nitrogens is 2. The lowest BCUT2D eigenvalue weighted by atomic mass is 10.1. The van der Waals surface area contributed by atoms with Gasteiger partial charge in [-0.1, -0.05) is 30.3 Å². The molecule has 0 amide bonds. The van der Waals surface area contributed by atoms with Gasteiger partial charge < -0.3 is 15.0 Å². The summed E-state index contributed by atoms with van der Waals surface area (Å²) in [6.07, 6.45) is 7.11. The molecule has 2 heterocycles. The molecule has 1 atom stereocenters. The zero-order valence-corrected chi connectivity index (χ0v) is 13.0. The minimum Gasteiger partial charge on any atom is -0.387 e. The van der Waals surface area contributed by atoms with Crippen molar-refractivity contribution in [1.29, 1.82) is 0 Å². The van der Waals surface area contributed by atoms with Gasteiger partial charge >= 0.3 is 0 Å². The van der Waals surface area contributed by atoms with Crippen molar-refractivity contribution < 1.29 is 5.11 Å². The van der Waals surface area contributed by atoms with Crippen molar-refractivity contribution in [2.45, 2.75) is 19.2 Å². The highest BCUT2D eigenvalue weighted by Gasteiger charge is 2.06. The van der Waals surface area contributed by atoms with Gasteiger partial charge in [0.1, 0.15) is 0 Å². The van der Waals surface area contributed by atoms with Crippen LogP contribution in [0.3, 0.4) is 0 Å². The molecule has 0 radical (unpaired) electrons. The largest absolute Gasteiger partial charge is 0.387 e. The first kappa shape index (κ1) is 15.5. The highest BCUT2D eigenvalue weighted by Crippen LogP contribution is 2.10. The Kier molecular flexibility index (Phi) is 5.19. The van der Waals surface area contributed by atoms with Crippen LogP contribution in [0.5, 0.6) is 0 Å². The van der Waals surface area contributed by atoms with E-state index in [1.54, 1.807) is 12.4 Å². The van der Waals surface area contributed by atoms with Crippen LogP contribution in [0, 0.1) is 0 Å². The molecule has 118 valence electrons. The predicted octanol–water partition coefficient (Wildman–Crippen LogP) is 2.75. The standard InChI is InChI=1S/C19H21N3O/c23-19(18-6-9-20-10-7-18)13-21-12-17-8-11-22(15-17)14-16-4-2-1-3-5-16/h1-11,15,19,21,23H,12-14H2. The fraction of sp³-hybridized carbons (Fsp3) is 0.211. The molecule has 3 rings (SSSR count). The molecule has 0 spiro atoms. The van der Waals surface area contributed by atoms with Crippen LogP contribution in [-0.2, 0) is 13.1 Å². The smallest absolute Gasteiger partial charge is 0.0915 e. The first-order valence-corrected chi connectivity index (χ1v) is 7.78. The number of aliphatic hydroxyl groups is 1. The van der Waals surface area contributed by atoms with Gasteiger partial charge in [0.2, 0.25) is 0 Å². The number of nitrogens with zero attached hydrogens (tertiary/aromatic N) is 2. The van der Waals surface area contributed by atoms with E-state index in [2.05, 4.69) is 57.6 Å².